The van der Waals surface area contributed by atoms with E-state index < -0.39 is 10.0 Å². The molecule has 0 amide bonds. The Kier molecular flexibility index (Phi) is 3.13. The molecule has 0 spiro atoms. The lowest BCUT2D eigenvalue weighted by Crippen LogP contribution is -2.16. The molecule has 0 unspecified atom stereocenters. The molecule has 0 radical (unpaired) electrons. The average Bonchev–Trinajstić information content (AvgIpc) is 2.66. The quantitative estimate of drug-likeness (QED) is 0.925. The summed E-state index contributed by atoms with van der Waals surface area (Å²) in [6.07, 6.45) is 1.31. The smallest absolute Gasteiger partial charge is 0.263 e. The van der Waals surface area contributed by atoms with E-state index in [1.165, 1.54) is 12.3 Å². The maximum atomic E-state index is 12.3. The summed E-state index contributed by atoms with van der Waals surface area (Å²) in [5, 5.41) is 3.54. The number of hydrogen-bond donors (Lipinski definition) is 1. The lowest BCUT2D eigenvalue weighted by atomic mass is 10.1. The van der Waals surface area contributed by atoms with Crippen LogP contribution >= 0.6 is 0 Å². The van der Waals surface area contributed by atoms with Gasteiger partial charge in [-0.05, 0) is 31.9 Å². The van der Waals surface area contributed by atoms with Crippen LogP contribution in [0.2, 0.25) is 0 Å². The second-order valence-electron chi connectivity index (χ2n) is 4.22. The summed E-state index contributed by atoms with van der Waals surface area (Å²) in [4.78, 5) is 0.288. The van der Waals surface area contributed by atoms with E-state index in [9.17, 15) is 8.42 Å². The first kappa shape index (κ1) is 12.6. The number of aryl methyl sites for hydroxylation is 3. The second kappa shape index (κ2) is 4.45. The zero-order chi connectivity index (χ0) is 13.3. The Morgan fingerprint density at radius 2 is 1.78 bits per heavy atom. The van der Waals surface area contributed by atoms with Crippen molar-refractivity contribution in [3.05, 3.63) is 41.2 Å². The third kappa shape index (κ3) is 2.38. The second-order valence-corrected chi connectivity index (χ2v) is 5.84. The summed E-state index contributed by atoms with van der Waals surface area (Å²) in [7, 11) is -3.63. The fourth-order valence-electron chi connectivity index (χ4n) is 2.04. The van der Waals surface area contributed by atoms with Crippen molar-refractivity contribution in [2.45, 2.75) is 25.7 Å². The van der Waals surface area contributed by atoms with Crippen LogP contribution in [0.25, 0.3) is 0 Å². The minimum Gasteiger partial charge on any atom is -0.363 e. The minimum absolute atomic E-state index is 0.175. The molecule has 0 aliphatic carbocycles. The maximum Gasteiger partial charge on any atom is 0.263 e. The Morgan fingerprint density at radius 1 is 1.17 bits per heavy atom. The zero-order valence-corrected chi connectivity index (χ0v) is 11.2. The lowest BCUT2D eigenvalue weighted by Gasteiger charge is -2.12. The van der Waals surface area contributed by atoms with Gasteiger partial charge in [-0.3, -0.25) is 4.72 Å². The number of nitrogens with zero attached hydrogens (tertiary/aromatic N) is 1. The predicted molar refractivity (Wildman–Crippen MR) is 68.0 cm³/mol. The third-order valence-electron chi connectivity index (χ3n) is 2.55. The molecule has 2 aromatic rings. The van der Waals surface area contributed by atoms with Crippen LogP contribution in [0.5, 0.6) is 0 Å². The van der Waals surface area contributed by atoms with Gasteiger partial charge in [0, 0.05) is 6.07 Å². The van der Waals surface area contributed by atoms with Gasteiger partial charge in [-0.15, -0.1) is 0 Å². The molecular formula is C12H14N2O3S. The number of sulfonamides is 1. The summed E-state index contributed by atoms with van der Waals surface area (Å²) in [6, 6.07) is 5.13. The first-order chi connectivity index (χ1) is 8.40. The molecular weight excluding hydrogens is 252 g/mol. The standard InChI is InChI=1S/C12H14N2O3S/c1-8-6-9(2)12(10(3)7-8)18(15,16)14-11-4-5-17-13-11/h4-7H,1-3H3,(H,13,14). The summed E-state index contributed by atoms with van der Waals surface area (Å²) in [5.74, 6) is 0.175. The van der Waals surface area contributed by atoms with Crippen LogP contribution in [0.15, 0.2) is 33.9 Å². The molecule has 1 aromatic heterocycles. The van der Waals surface area contributed by atoms with Crippen LogP contribution < -0.4 is 4.72 Å². The first-order valence-corrected chi connectivity index (χ1v) is 6.89. The summed E-state index contributed by atoms with van der Waals surface area (Å²) < 4.78 is 31.5. The van der Waals surface area contributed by atoms with Gasteiger partial charge >= 0.3 is 0 Å². The van der Waals surface area contributed by atoms with Crippen molar-refractivity contribution in [3.8, 4) is 0 Å². The highest BCUT2D eigenvalue weighted by molar-refractivity contribution is 7.92. The third-order valence-corrected chi connectivity index (χ3v) is 4.21. The fourth-order valence-corrected chi connectivity index (χ4v) is 3.49. The molecule has 0 aliphatic heterocycles. The normalized spacial score (nSPS) is 11.5. The van der Waals surface area contributed by atoms with Crippen molar-refractivity contribution in [2.75, 3.05) is 4.72 Å². The van der Waals surface area contributed by atoms with E-state index in [4.69, 9.17) is 0 Å². The van der Waals surface area contributed by atoms with Crippen molar-refractivity contribution in [1.29, 1.82) is 0 Å². The van der Waals surface area contributed by atoms with Crippen LogP contribution in [-0.4, -0.2) is 13.6 Å². The van der Waals surface area contributed by atoms with Crippen LogP contribution in [0.3, 0.4) is 0 Å². The molecule has 1 heterocycles. The van der Waals surface area contributed by atoms with Crippen LogP contribution in [0.4, 0.5) is 5.82 Å². The van der Waals surface area contributed by atoms with Gasteiger partial charge < -0.3 is 4.52 Å². The Hall–Kier alpha value is -1.82. The number of rotatable bonds is 3. The summed E-state index contributed by atoms with van der Waals surface area (Å²) in [5.41, 5.74) is 2.46. The van der Waals surface area contributed by atoms with E-state index in [0.29, 0.717) is 11.1 Å². The molecule has 96 valence electrons. The van der Waals surface area contributed by atoms with Gasteiger partial charge in [0.1, 0.15) is 6.26 Å². The van der Waals surface area contributed by atoms with Gasteiger partial charge in [0.15, 0.2) is 5.82 Å². The molecule has 1 aromatic carbocycles. The topological polar surface area (TPSA) is 72.2 Å². The molecule has 6 heteroatoms. The van der Waals surface area contributed by atoms with E-state index in [1.54, 1.807) is 13.8 Å². The summed E-state index contributed by atoms with van der Waals surface area (Å²) in [6.45, 7) is 5.48. The minimum atomic E-state index is -3.63. The summed E-state index contributed by atoms with van der Waals surface area (Å²) >= 11 is 0. The lowest BCUT2D eigenvalue weighted by molar-refractivity contribution is 0.423. The molecule has 1 N–H and O–H groups in total. The van der Waals surface area contributed by atoms with Crippen molar-refractivity contribution >= 4 is 15.8 Å². The van der Waals surface area contributed by atoms with E-state index in [0.717, 1.165) is 5.56 Å². The number of aromatic nitrogens is 1. The van der Waals surface area contributed by atoms with Gasteiger partial charge in [0.25, 0.3) is 10.0 Å². The number of anilines is 1. The van der Waals surface area contributed by atoms with Crippen molar-refractivity contribution in [3.63, 3.8) is 0 Å². The molecule has 18 heavy (non-hydrogen) atoms. The van der Waals surface area contributed by atoms with E-state index >= 15 is 0 Å². The zero-order valence-electron chi connectivity index (χ0n) is 10.4. The van der Waals surface area contributed by atoms with Gasteiger partial charge in [-0.1, -0.05) is 22.9 Å². The highest BCUT2D eigenvalue weighted by Gasteiger charge is 2.20. The molecule has 0 aliphatic rings. The number of benzene rings is 1. The predicted octanol–water partition coefficient (Wildman–Crippen LogP) is 2.40. The Morgan fingerprint density at radius 3 is 2.28 bits per heavy atom. The fraction of sp³-hybridized carbons (Fsp3) is 0.250. The first-order valence-electron chi connectivity index (χ1n) is 5.41. The number of nitrogens with one attached hydrogen (secondary N) is 1. The highest BCUT2D eigenvalue weighted by atomic mass is 32.2. The van der Waals surface area contributed by atoms with E-state index in [1.807, 2.05) is 19.1 Å². The van der Waals surface area contributed by atoms with Gasteiger partial charge in [0.2, 0.25) is 0 Å². The molecule has 0 atom stereocenters. The monoisotopic (exact) mass is 266 g/mol. The Bertz CT molecular complexity index is 638. The Balaban J connectivity index is 2.48. The molecule has 0 bridgehead atoms. The molecule has 0 saturated heterocycles. The Labute approximate surface area is 106 Å². The van der Waals surface area contributed by atoms with E-state index in [2.05, 4.69) is 14.4 Å². The molecule has 2 rings (SSSR count). The largest absolute Gasteiger partial charge is 0.363 e. The van der Waals surface area contributed by atoms with Crippen LogP contribution in [0.1, 0.15) is 16.7 Å². The maximum absolute atomic E-state index is 12.3. The van der Waals surface area contributed by atoms with Gasteiger partial charge in [-0.25, -0.2) is 8.42 Å². The highest BCUT2D eigenvalue weighted by Crippen LogP contribution is 2.23. The number of hydrogen-bond acceptors (Lipinski definition) is 4. The molecule has 0 saturated carbocycles. The van der Waals surface area contributed by atoms with E-state index in [-0.39, 0.29) is 10.7 Å². The van der Waals surface area contributed by atoms with Crippen molar-refractivity contribution < 1.29 is 12.9 Å². The molecule has 5 nitrogen and oxygen atoms in total. The average molecular weight is 266 g/mol. The van der Waals surface area contributed by atoms with Crippen LogP contribution in [-0.2, 0) is 10.0 Å². The SMILES string of the molecule is Cc1cc(C)c(S(=O)(=O)Nc2ccon2)c(C)c1. The van der Waals surface area contributed by atoms with Crippen molar-refractivity contribution in [2.24, 2.45) is 0 Å². The molecule has 0 fully saturated rings. The van der Waals surface area contributed by atoms with Crippen molar-refractivity contribution in [1.82, 2.24) is 5.16 Å². The van der Waals surface area contributed by atoms with Gasteiger partial charge in [-0.2, -0.15) is 0 Å². The van der Waals surface area contributed by atoms with Gasteiger partial charge in [0.05, 0.1) is 4.90 Å². The van der Waals surface area contributed by atoms with Crippen LogP contribution in [0, 0.1) is 20.8 Å².